The highest BCUT2D eigenvalue weighted by molar-refractivity contribution is 6.44. The second-order valence-corrected chi connectivity index (χ2v) is 5.43. The van der Waals surface area contributed by atoms with E-state index in [0.717, 1.165) is 16.5 Å². The van der Waals surface area contributed by atoms with Crippen LogP contribution in [0.5, 0.6) is 0 Å². The third kappa shape index (κ3) is 3.17. The number of rotatable bonds is 2. The summed E-state index contributed by atoms with van der Waals surface area (Å²) in [5.41, 5.74) is 2.63. The molecule has 6 nitrogen and oxygen atoms in total. The van der Waals surface area contributed by atoms with E-state index in [2.05, 4.69) is 20.6 Å². The van der Waals surface area contributed by atoms with Crippen LogP contribution in [0, 0.1) is 6.92 Å². The standard InChI is InChI=1S/C16H13ClN4O2/c1-9-2-3-10(17)6-13(9)20-15(22)16(23)21-14-8-19-12-4-5-18-7-11(12)14/h2-8,19H,1H3,(H,20,22)(H,21,23). The van der Waals surface area contributed by atoms with E-state index in [1.165, 1.54) is 0 Å². The molecular weight excluding hydrogens is 316 g/mol. The number of hydrogen-bond donors (Lipinski definition) is 3. The Morgan fingerprint density at radius 2 is 1.87 bits per heavy atom. The van der Waals surface area contributed by atoms with E-state index in [0.29, 0.717) is 16.4 Å². The molecule has 0 aliphatic carbocycles. The van der Waals surface area contributed by atoms with E-state index in [4.69, 9.17) is 11.6 Å². The number of aromatic nitrogens is 2. The van der Waals surface area contributed by atoms with Crippen molar-refractivity contribution in [3.63, 3.8) is 0 Å². The number of halogens is 1. The Hall–Kier alpha value is -2.86. The average molecular weight is 329 g/mol. The van der Waals surface area contributed by atoms with Gasteiger partial charge in [0, 0.05) is 34.7 Å². The van der Waals surface area contributed by atoms with Gasteiger partial charge in [0.15, 0.2) is 0 Å². The number of carbonyl (C=O) groups is 2. The molecular formula is C16H13ClN4O2. The van der Waals surface area contributed by atoms with Gasteiger partial charge in [-0.3, -0.25) is 14.6 Å². The van der Waals surface area contributed by atoms with Crippen LogP contribution in [0.1, 0.15) is 5.56 Å². The van der Waals surface area contributed by atoms with Gasteiger partial charge in [-0.15, -0.1) is 0 Å². The predicted octanol–water partition coefficient (Wildman–Crippen LogP) is 3.10. The highest BCUT2D eigenvalue weighted by Gasteiger charge is 2.17. The lowest BCUT2D eigenvalue weighted by Gasteiger charge is -2.08. The molecule has 2 heterocycles. The number of nitrogens with one attached hydrogen (secondary N) is 3. The van der Waals surface area contributed by atoms with Crippen molar-refractivity contribution in [1.29, 1.82) is 0 Å². The Labute approximate surface area is 136 Å². The van der Waals surface area contributed by atoms with Gasteiger partial charge in [0.1, 0.15) is 0 Å². The van der Waals surface area contributed by atoms with E-state index in [1.807, 2.05) is 6.92 Å². The number of nitrogens with zero attached hydrogens (tertiary/aromatic N) is 1. The van der Waals surface area contributed by atoms with Crippen LogP contribution in [-0.2, 0) is 9.59 Å². The van der Waals surface area contributed by atoms with E-state index in [-0.39, 0.29) is 0 Å². The van der Waals surface area contributed by atoms with Gasteiger partial charge in [-0.25, -0.2) is 0 Å². The van der Waals surface area contributed by atoms with Crippen LogP contribution in [0.25, 0.3) is 10.9 Å². The molecule has 0 saturated heterocycles. The molecule has 0 atom stereocenters. The van der Waals surface area contributed by atoms with E-state index in [9.17, 15) is 9.59 Å². The molecule has 1 aromatic carbocycles. The van der Waals surface area contributed by atoms with Crippen LogP contribution in [0.15, 0.2) is 42.9 Å². The van der Waals surface area contributed by atoms with Gasteiger partial charge in [0.25, 0.3) is 0 Å². The fraction of sp³-hybridized carbons (Fsp3) is 0.0625. The number of amides is 2. The monoisotopic (exact) mass is 328 g/mol. The van der Waals surface area contributed by atoms with Crippen LogP contribution in [0.4, 0.5) is 11.4 Å². The van der Waals surface area contributed by atoms with Crippen molar-refractivity contribution in [3.8, 4) is 0 Å². The number of hydrogen-bond acceptors (Lipinski definition) is 3. The second kappa shape index (κ2) is 6.10. The van der Waals surface area contributed by atoms with Gasteiger partial charge >= 0.3 is 11.8 Å². The topological polar surface area (TPSA) is 86.9 Å². The normalized spacial score (nSPS) is 10.5. The van der Waals surface area contributed by atoms with E-state index >= 15 is 0 Å². The summed E-state index contributed by atoms with van der Waals surface area (Å²) in [5.74, 6) is -1.54. The Balaban J connectivity index is 1.75. The number of benzene rings is 1. The highest BCUT2D eigenvalue weighted by Crippen LogP contribution is 2.22. The largest absolute Gasteiger partial charge is 0.359 e. The molecule has 0 aliphatic rings. The molecule has 0 spiro atoms. The summed E-state index contributed by atoms with van der Waals surface area (Å²) in [6, 6.07) is 6.85. The predicted molar refractivity (Wildman–Crippen MR) is 89.5 cm³/mol. The molecule has 116 valence electrons. The summed E-state index contributed by atoms with van der Waals surface area (Å²) < 4.78 is 0. The number of anilines is 2. The molecule has 23 heavy (non-hydrogen) atoms. The zero-order chi connectivity index (χ0) is 16.4. The summed E-state index contributed by atoms with van der Waals surface area (Å²) in [7, 11) is 0. The lowest BCUT2D eigenvalue weighted by molar-refractivity contribution is -0.132. The van der Waals surface area contributed by atoms with Gasteiger partial charge in [-0.2, -0.15) is 0 Å². The Kier molecular flexibility index (Phi) is 3.99. The van der Waals surface area contributed by atoms with Crippen molar-refractivity contribution >= 4 is 45.7 Å². The summed E-state index contributed by atoms with van der Waals surface area (Å²) in [6.45, 7) is 1.81. The Morgan fingerprint density at radius 1 is 1.13 bits per heavy atom. The first-order valence-electron chi connectivity index (χ1n) is 6.84. The fourth-order valence-electron chi connectivity index (χ4n) is 2.15. The lowest BCUT2D eigenvalue weighted by Crippen LogP contribution is -2.29. The molecule has 0 bridgehead atoms. The molecule has 2 aromatic heterocycles. The number of pyridine rings is 1. The molecule has 3 aromatic rings. The minimum absolute atomic E-state index is 0.481. The van der Waals surface area contributed by atoms with Gasteiger partial charge in [0.2, 0.25) is 0 Å². The van der Waals surface area contributed by atoms with Gasteiger partial charge in [0.05, 0.1) is 11.2 Å². The molecule has 7 heteroatoms. The molecule has 3 N–H and O–H groups in total. The van der Waals surface area contributed by atoms with Crippen LogP contribution >= 0.6 is 11.6 Å². The number of fused-ring (bicyclic) bond motifs is 1. The number of aryl methyl sites for hydroxylation is 1. The maximum atomic E-state index is 12.1. The van der Waals surface area contributed by atoms with E-state index in [1.54, 1.807) is 42.9 Å². The Bertz CT molecular complexity index is 904. The first kappa shape index (κ1) is 15.1. The first-order valence-corrected chi connectivity index (χ1v) is 7.22. The molecule has 0 aliphatic heterocycles. The minimum atomic E-state index is -0.770. The van der Waals surface area contributed by atoms with Crippen molar-refractivity contribution in [2.45, 2.75) is 6.92 Å². The van der Waals surface area contributed by atoms with Crippen molar-refractivity contribution in [2.24, 2.45) is 0 Å². The van der Waals surface area contributed by atoms with Crippen LogP contribution in [-0.4, -0.2) is 21.8 Å². The van der Waals surface area contributed by atoms with Gasteiger partial charge in [-0.05, 0) is 30.7 Å². The van der Waals surface area contributed by atoms with Crippen molar-refractivity contribution in [3.05, 3.63) is 53.4 Å². The number of H-pyrrole nitrogens is 1. The molecule has 0 unspecified atom stereocenters. The van der Waals surface area contributed by atoms with Crippen molar-refractivity contribution in [1.82, 2.24) is 9.97 Å². The quantitative estimate of drug-likeness (QED) is 0.632. The van der Waals surface area contributed by atoms with Crippen LogP contribution < -0.4 is 10.6 Å². The summed E-state index contributed by atoms with van der Waals surface area (Å²) in [4.78, 5) is 31.1. The fourth-order valence-corrected chi connectivity index (χ4v) is 2.33. The zero-order valence-corrected chi connectivity index (χ0v) is 12.9. The Morgan fingerprint density at radius 3 is 2.65 bits per heavy atom. The third-order valence-electron chi connectivity index (χ3n) is 3.39. The maximum absolute atomic E-state index is 12.1. The smallest absolute Gasteiger partial charge is 0.314 e. The maximum Gasteiger partial charge on any atom is 0.314 e. The minimum Gasteiger partial charge on any atom is -0.359 e. The van der Waals surface area contributed by atoms with Crippen LogP contribution in [0.3, 0.4) is 0 Å². The number of aromatic amines is 1. The number of carbonyl (C=O) groups excluding carboxylic acids is 2. The average Bonchev–Trinajstić information content (AvgIpc) is 2.94. The molecule has 0 fully saturated rings. The highest BCUT2D eigenvalue weighted by atomic mass is 35.5. The van der Waals surface area contributed by atoms with Crippen molar-refractivity contribution in [2.75, 3.05) is 10.6 Å². The molecule has 0 radical (unpaired) electrons. The lowest BCUT2D eigenvalue weighted by atomic mass is 10.2. The molecule has 3 rings (SSSR count). The SMILES string of the molecule is Cc1ccc(Cl)cc1NC(=O)C(=O)Nc1c[nH]c2ccncc12. The van der Waals surface area contributed by atoms with Gasteiger partial charge < -0.3 is 15.6 Å². The second-order valence-electron chi connectivity index (χ2n) is 4.99. The molecule has 2 amide bonds. The van der Waals surface area contributed by atoms with Crippen LogP contribution in [0.2, 0.25) is 5.02 Å². The zero-order valence-electron chi connectivity index (χ0n) is 12.2. The summed E-state index contributed by atoms with van der Waals surface area (Å²) in [6.07, 6.45) is 4.86. The summed E-state index contributed by atoms with van der Waals surface area (Å²) >= 11 is 5.90. The van der Waals surface area contributed by atoms with E-state index < -0.39 is 11.8 Å². The summed E-state index contributed by atoms with van der Waals surface area (Å²) in [5, 5.41) is 6.32. The molecule has 0 saturated carbocycles. The van der Waals surface area contributed by atoms with Crippen molar-refractivity contribution < 1.29 is 9.59 Å². The van der Waals surface area contributed by atoms with Gasteiger partial charge in [-0.1, -0.05) is 17.7 Å². The first-order chi connectivity index (χ1) is 11.0. The third-order valence-corrected chi connectivity index (χ3v) is 3.62.